The van der Waals surface area contributed by atoms with Crippen molar-refractivity contribution in [1.82, 2.24) is 14.8 Å². The number of nitrogens with one attached hydrogen (secondary N) is 1. The Hall–Kier alpha value is -4.37. The van der Waals surface area contributed by atoms with E-state index in [0.717, 1.165) is 11.1 Å². The molecule has 6 N–H and O–H groups in total. The van der Waals surface area contributed by atoms with Gasteiger partial charge in [-0.15, -0.1) is 0 Å². The van der Waals surface area contributed by atoms with Gasteiger partial charge in [-0.2, -0.15) is 0 Å². The lowest BCUT2D eigenvalue weighted by Crippen LogP contribution is -2.61. The summed E-state index contributed by atoms with van der Waals surface area (Å²) in [4.78, 5) is 60.0. The van der Waals surface area contributed by atoms with E-state index >= 15 is 0 Å². The quantitative estimate of drug-likeness (QED) is 0.0738. The zero-order chi connectivity index (χ0) is 58.5. The van der Waals surface area contributed by atoms with E-state index in [1.54, 1.807) is 59.1 Å². The number of nitrogens with zero attached hydrogens (tertiary/aromatic N) is 3. The standard InChI is InChI=1S/C56H88N4O19/c1-15-40-56(10,69)47(63)31(4)42(58-71-14)29(2)24-54(8,68)48(78-52-45(62)39(59(11)12)21-30(3)74-52)32(5)46(33(6)51(66)76-40)77-41-25-55(9,70-13)49(34(7)75-41)79-53(67)57-18-20-72-19-16-17-35-22-36-27-73-28-60-26-38(50(64)65)44(61)37(23-35)43(36)60/h22-23,26,29-34,39-41,45-49,52,62-63,68-69H,15-21,24-25,27-28H2,1-14H3,(H,57,67)(H,64,65)/b58-42+/t29-,30+,31+,32+,33-,34+,39-,40-,41+,45+,46+,47-,48-,49+,52-,54-,55-,56-/m1/s1. The van der Waals surface area contributed by atoms with E-state index in [0.29, 0.717) is 49.1 Å². The minimum atomic E-state index is -1.98. The van der Waals surface area contributed by atoms with Crippen LogP contribution in [-0.4, -0.2) is 191 Å². The third-order valence-corrected chi connectivity index (χ3v) is 16.5. The van der Waals surface area contributed by atoms with Gasteiger partial charge in [0.05, 0.1) is 66.5 Å². The molecule has 23 nitrogen and oxygen atoms in total. The first-order valence-electron chi connectivity index (χ1n) is 27.6. The topological polar surface area (TPSA) is 294 Å². The molecule has 0 unspecified atom stereocenters. The number of carbonyl (C=O) groups excluding carboxylic acids is 2. The molecule has 0 saturated carbocycles. The number of carboxylic acid groups (broad SMARTS) is 1. The number of aromatic carboxylic acids is 1. The fraction of sp³-hybridized carbons (Fsp3) is 0.768. The van der Waals surface area contributed by atoms with Gasteiger partial charge >= 0.3 is 18.0 Å². The van der Waals surface area contributed by atoms with Crippen molar-refractivity contribution in [3.8, 4) is 0 Å². The molecule has 1 aromatic carbocycles. The predicted octanol–water partition coefficient (Wildman–Crippen LogP) is 4.10. The molecule has 5 heterocycles. The highest BCUT2D eigenvalue weighted by Gasteiger charge is 2.54. The Morgan fingerprint density at radius 2 is 1.66 bits per heavy atom. The van der Waals surface area contributed by atoms with Crippen molar-refractivity contribution in [3.63, 3.8) is 0 Å². The van der Waals surface area contributed by atoms with E-state index in [1.165, 1.54) is 27.3 Å². The number of esters is 1. The second kappa shape index (κ2) is 26.7. The van der Waals surface area contributed by atoms with Gasteiger partial charge in [0.15, 0.2) is 18.7 Å². The van der Waals surface area contributed by atoms with Crippen LogP contribution in [0.5, 0.6) is 0 Å². The highest BCUT2D eigenvalue weighted by molar-refractivity contribution is 5.94. The van der Waals surface area contributed by atoms with Crippen LogP contribution >= 0.6 is 0 Å². The van der Waals surface area contributed by atoms with Crippen molar-refractivity contribution in [3.05, 3.63) is 45.2 Å². The number of aliphatic hydroxyl groups excluding tert-OH is 2. The summed E-state index contributed by atoms with van der Waals surface area (Å²) in [6.45, 7) is 17.9. The van der Waals surface area contributed by atoms with Crippen LogP contribution in [0.3, 0.4) is 0 Å². The fourth-order valence-electron chi connectivity index (χ4n) is 12.2. The summed E-state index contributed by atoms with van der Waals surface area (Å²) in [6.07, 6.45) is -8.53. The largest absolute Gasteiger partial charge is 0.477 e. The minimum absolute atomic E-state index is 0.0128. The molecular formula is C56H88N4O19. The number of alkyl carbamates (subject to hydrolysis) is 1. The molecule has 0 aliphatic carbocycles. The summed E-state index contributed by atoms with van der Waals surface area (Å²) in [5, 5.41) is 65.4. The van der Waals surface area contributed by atoms with Gasteiger partial charge in [-0.3, -0.25) is 9.59 Å². The Bertz CT molecular complexity index is 2500. The van der Waals surface area contributed by atoms with Crippen LogP contribution in [-0.2, 0) is 72.0 Å². The number of benzene rings is 1. The zero-order valence-electron chi connectivity index (χ0n) is 48.5. The number of pyridine rings is 1. The smallest absolute Gasteiger partial charge is 0.407 e. The zero-order valence-corrected chi connectivity index (χ0v) is 48.5. The molecule has 23 heteroatoms. The van der Waals surface area contributed by atoms with Crippen molar-refractivity contribution >= 4 is 34.6 Å². The fourth-order valence-corrected chi connectivity index (χ4v) is 12.2. The number of carbonyl (C=O) groups is 3. The molecule has 446 valence electrons. The second-order valence-corrected chi connectivity index (χ2v) is 23.1. The summed E-state index contributed by atoms with van der Waals surface area (Å²) < 4.78 is 57.7. The molecule has 4 aliphatic rings. The van der Waals surface area contributed by atoms with Crippen LogP contribution in [0.25, 0.3) is 10.9 Å². The maximum Gasteiger partial charge on any atom is 0.407 e. The van der Waals surface area contributed by atoms with Crippen molar-refractivity contribution in [2.45, 2.75) is 205 Å². The summed E-state index contributed by atoms with van der Waals surface area (Å²) >= 11 is 0. The third-order valence-electron chi connectivity index (χ3n) is 16.5. The molecule has 18 atom stereocenters. The van der Waals surface area contributed by atoms with Crippen molar-refractivity contribution < 1.29 is 87.4 Å². The molecule has 2 aromatic rings. The normalized spacial score (nSPS) is 37.3. The Balaban J connectivity index is 1.17. The number of aliphatic hydroxyl groups is 4. The predicted molar refractivity (Wildman–Crippen MR) is 287 cm³/mol. The van der Waals surface area contributed by atoms with E-state index in [-0.39, 0.29) is 56.9 Å². The number of cyclic esters (lactones) is 1. The molecule has 79 heavy (non-hydrogen) atoms. The SMILES string of the molecule is CC[C@H]1OC(=O)[C@H](C)[C@@H](O[C@H]2C[C@@](C)(OC)[C@@H](OC(=O)NCCOCCCc3cc4c5c(c3)c(=O)c(C(=O)O)cn5COC4)[C@H](C)O2)[C@H](C)[C@@H](O[C@H]2O[C@@H](C)C[C@@H](N(C)C)[C@@H]2O)[C@](C)(O)C[C@@H](C)/C(=N\OC)[C@H](C)[C@@H](O)[C@]1(C)O. The van der Waals surface area contributed by atoms with Gasteiger partial charge in [-0.25, -0.2) is 9.59 Å². The van der Waals surface area contributed by atoms with Crippen molar-refractivity contribution in [2.24, 2.45) is 28.8 Å². The van der Waals surface area contributed by atoms with Crippen LogP contribution in [0.4, 0.5) is 4.79 Å². The number of amides is 1. The second-order valence-electron chi connectivity index (χ2n) is 23.1. The number of aromatic nitrogens is 1. The lowest BCUT2D eigenvalue weighted by Gasteiger charge is -2.49. The van der Waals surface area contributed by atoms with Gasteiger partial charge in [0.2, 0.25) is 5.43 Å². The number of aryl methyl sites for hydroxylation is 1. The third kappa shape index (κ3) is 14.5. The highest BCUT2D eigenvalue weighted by Crippen LogP contribution is 2.42. The van der Waals surface area contributed by atoms with Crippen LogP contribution in [0, 0.1) is 23.7 Å². The van der Waals surface area contributed by atoms with Gasteiger partial charge < -0.3 is 87.8 Å². The van der Waals surface area contributed by atoms with Crippen LogP contribution in [0.15, 0.2) is 28.3 Å². The van der Waals surface area contributed by atoms with Gasteiger partial charge in [0.1, 0.15) is 42.8 Å². The highest BCUT2D eigenvalue weighted by atomic mass is 16.7. The first-order valence-corrected chi connectivity index (χ1v) is 27.6. The lowest BCUT2D eigenvalue weighted by atomic mass is 9.73. The van der Waals surface area contributed by atoms with Crippen molar-refractivity contribution in [1.29, 1.82) is 0 Å². The first kappa shape index (κ1) is 63.8. The maximum atomic E-state index is 14.6. The van der Waals surface area contributed by atoms with E-state index in [1.807, 2.05) is 38.9 Å². The average Bonchev–Trinajstić information content (AvgIpc) is 3.60. The molecule has 1 aromatic heterocycles. The Kier molecular flexibility index (Phi) is 21.6. The molecule has 3 fully saturated rings. The molecule has 1 amide bonds. The minimum Gasteiger partial charge on any atom is -0.477 e. The maximum absolute atomic E-state index is 14.6. The molecular weight excluding hydrogens is 1030 g/mol. The van der Waals surface area contributed by atoms with Crippen LogP contribution < -0.4 is 10.7 Å². The lowest BCUT2D eigenvalue weighted by molar-refractivity contribution is -0.317. The van der Waals surface area contributed by atoms with E-state index in [9.17, 15) is 44.7 Å². The Morgan fingerprint density at radius 3 is 2.30 bits per heavy atom. The molecule has 4 aliphatic heterocycles. The molecule has 0 spiro atoms. The van der Waals surface area contributed by atoms with Crippen LogP contribution in [0.1, 0.15) is 123 Å². The van der Waals surface area contributed by atoms with Crippen molar-refractivity contribution in [2.75, 3.05) is 48.1 Å². The van der Waals surface area contributed by atoms with E-state index < -0.39 is 119 Å². The summed E-state index contributed by atoms with van der Waals surface area (Å²) in [5.74, 6) is -5.59. The molecule has 0 bridgehead atoms. The van der Waals surface area contributed by atoms with Gasteiger partial charge in [-0.05, 0) is 99.4 Å². The number of rotatable bonds is 17. The molecule has 3 saturated heterocycles. The summed E-state index contributed by atoms with van der Waals surface area (Å²) in [5.41, 5.74) is -3.24. The Morgan fingerprint density at radius 1 is 0.949 bits per heavy atom. The number of hydrogen-bond donors (Lipinski definition) is 6. The number of likely N-dealkylation sites (N-methyl/N-ethyl adjacent to an activating group) is 1. The number of hydrogen-bond acceptors (Lipinski definition) is 20. The number of ether oxygens (including phenoxy) is 9. The summed E-state index contributed by atoms with van der Waals surface area (Å²) in [6, 6.07) is 3.31. The van der Waals surface area contributed by atoms with Gasteiger partial charge in [-0.1, -0.05) is 38.9 Å². The number of methoxy groups -OCH3 is 1. The van der Waals surface area contributed by atoms with Crippen LogP contribution in [0.2, 0.25) is 0 Å². The molecule has 0 radical (unpaired) electrons. The number of oxime groups is 1. The number of carboxylic acids is 1. The van der Waals surface area contributed by atoms with E-state index in [4.69, 9.17) is 47.5 Å². The Labute approximate surface area is 463 Å². The summed E-state index contributed by atoms with van der Waals surface area (Å²) in [7, 11) is 6.53. The monoisotopic (exact) mass is 1120 g/mol. The van der Waals surface area contributed by atoms with Gasteiger partial charge in [0, 0.05) is 67.6 Å². The average molecular weight is 1120 g/mol. The van der Waals surface area contributed by atoms with Gasteiger partial charge in [0.25, 0.3) is 0 Å². The molecule has 6 rings (SSSR count). The first-order chi connectivity index (χ1) is 37.1. The van der Waals surface area contributed by atoms with E-state index in [2.05, 4.69) is 10.5 Å².